The van der Waals surface area contributed by atoms with E-state index in [0.717, 1.165) is 4.90 Å². The molecule has 0 aliphatic carbocycles. The molecule has 24 heavy (non-hydrogen) atoms. The third-order valence-corrected chi connectivity index (χ3v) is 4.00. The fourth-order valence-electron chi connectivity index (χ4n) is 3.01. The molecule has 0 aromatic heterocycles. The molecule has 1 atom stereocenters. The zero-order valence-electron chi connectivity index (χ0n) is 13.5. The molecule has 2 aromatic carbocycles. The normalized spacial score (nSPS) is 16.0. The van der Waals surface area contributed by atoms with Gasteiger partial charge in [0.2, 0.25) is 5.91 Å². The molecule has 2 aromatic rings. The quantitative estimate of drug-likeness (QED) is 0.936. The third-order valence-electron chi connectivity index (χ3n) is 4.00. The van der Waals surface area contributed by atoms with Crippen molar-refractivity contribution in [2.24, 2.45) is 5.73 Å². The van der Waals surface area contributed by atoms with Crippen molar-refractivity contribution in [3.63, 3.8) is 0 Å². The molecule has 0 bridgehead atoms. The van der Waals surface area contributed by atoms with E-state index in [1.807, 2.05) is 25.1 Å². The van der Waals surface area contributed by atoms with Gasteiger partial charge in [0.25, 0.3) is 0 Å². The minimum absolute atomic E-state index is 0.391. The van der Waals surface area contributed by atoms with Gasteiger partial charge in [0.05, 0.1) is 25.3 Å². The number of fused-ring (bicyclic) bond motifs is 1. The second-order valence-electron chi connectivity index (χ2n) is 5.34. The standard InChI is InChI=1S/C18H18N2O4/c1-3-24-15-7-5-4-6-12(15)16-13-10-11(23-2)8-9-14(13)20(17(16)21)18(19)22/h4-10,16H,3H2,1-2H3,(H2,19,22). The highest BCUT2D eigenvalue weighted by Crippen LogP contribution is 2.45. The van der Waals surface area contributed by atoms with Gasteiger partial charge in [-0.25, -0.2) is 9.69 Å². The smallest absolute Gasteiger partial charge is 0.326 e. The van der Waals surface area contributed by atoms with Gasteiger partial charge in [0.1, 0.15) is 11.5 Å². The summed E-state index contributed by atoms with van der Waals surface area (Å²) in [5.41, 5.74) is 7.26. The van der Waals surface area contributed by atoms with E-state index < -0.39 is 17.9 Å². The van der Waals surface area contributed by atoms with Crippen molar-refractivity contribution < 1.29 is 19.1 Å². The van der Waals surface area contributed by atoms with Gasteiger partial charge in [0, 0.05) is 5.56 Å². The molecule has 6 nitrogen and oxygen atoms in total. The number of benzene rings is 2. The lowest BCUT2D eigenvalue weighted by Crippen LogP contribution is -2.39. The van der Waals surface area contributed by atoms with Crippen LogP contribution in [0.5, 0.6) is 11.5 Å². The second-order valence-corrected chi connectivity index (χ2v) is 5.34. The highest BCUT2D eigenvalue weighted by molar-refractivity contribution is 6.21. The first-order chi connectivity index (χ1) is 11.6. The zero-order chi connectivity index (χ0) is 17.3. The van der Waals surface area contributed by atoms with Gasteiger partial charge in [0.15, 0.2) is 0 Å². The largest absolute Gasteiger partial charge is 0.497 e. The van der Waals surface area contributed by atoms with Crippen LogP contribution < -0.4 is 20.1 Å². The van der Waals surface area contributed by atoms with E-state index in [2.05, 4.69) is 0 Å². The van der Waals surface area contributed by atoms with Crippen LogP contribution in [0.1, 0.15) is 24.0 Å². The van der Waals surface area contributed by atoms with Crippen molar-refractivity contribution in [1.29, 1.82) is 0 Å². The van der Waals surface area contributed by atoms with Crippen molar-refractivity contribution >= 4 is 17.6 Å². The van der Waals surface area contributed by atoms with Crippen LogP contribution in [0.2, 0.25) is 0 Å². The number of methoxy groups -OCH3 is 1. The number of hydrogen-bond acceptors (Lipinski definition) is 4. The number of rotatable bonds is 4. The average Bonchev–Trinajstić information content (AvgIpc) is 2.86. The molecule has 0 radical (unpaired) electrons. The van der Waals surface area contributed by atoms with Crippen LogP contribution in [-0.4, -0.2) is 25.7 Å². The summed E-state index contributed by atoms with van der Waals surface area (Å²) >= 11 is 0. The van der Waals surface area contributed by atoms with Gasteiger partial charge in [-0.15, -0.1) is 0 Å². The third kappa shape index (κ3) is 2.46. The van der Waals surface area contributed by atoms with Crippen molar-refractivity contribution in [3.05, 3.63) is 53.6 Å². The number of carbonyl (C=O) groups excluding carboxylic acids is 2. The van der Waals surface area contributed by atoms with Crippen molar-refractivity contribution in [2.45, 2.75) is 12.8 Å². The molecular weight excluding hydrogens is 308 g/mol. The Bertz CT molecular complexity index is 803. The molecule has 1 aliphatic heterocycles. The monoisotopic (exact) mass is 326 g/mol. The number of anilines is 1. The number of para-hydroxylation sites is 1. The molecule has 1 unspecified atom stereocenters. The van der Waals surface area contributed by atoms with E-state index in [1.54, 1.807) is 31.4 Å². The minimum atomic E-state index is -0.803. The van der Waals surface area contributed by atoms with Crippen LogP contribution in [0.25, 0.3) is 0 Å². The molecule has 0 saturated heterocycles. The van der Waals surface area contributed by atoms with Crippen molar-refractivity contribution in [3.8, 4) is 11.5 Å². The van der Waals surface area contributed by atoms with Crippen LogP contribution in [0, 0.1) is 0 Å². The van der Waals surface area contributed by atoms with Crippen LogP contribution in [0.4, 0.5) is 10.5 Å². The molecule has 0 fully saturated rings. The van der Waals surface area contributed by atoms with Crippen molar-refractivity contribution in [1.82, 2.24) is 0 Å². The summed E-state index contributed by atoms with van der Waals surface area (Å²) in [5, 5.41) is 0. The number of primary amides is 1. The first-order valence-corrected chi connectivity index (χ1v) is 7.61. The van der Waals surface area contributed by atoms with E-state index in [-0.39, 0.29) is 0 Å². The molecule has 1 heterocycles. The number of urea groups is 1. The van der Waals surface area contributed by atoms with Gasteiger partial charge in [-0.1, -0.05) is 18.2 Å². The Morgan fingerprint density at radius 2 is 1.96 bits per heavy atom. The highest BCUT2D eigenvalue weighted by atomic mass is 16.5. The molecule has 2 N–H and O–H groups in total. The Morgan fingerprint density at radius 1 is 1.21 bits per heavy atom. The van der Waals surface area contributed by atoms with Crippen molar-refractivity contribution in [2.75, 3.05) is 18.6 Å². The number of amides is 3. The summed E-state index contributed by atoms with van der Waals surface area (Å²) in [5.74, 6) is 0.161. The fraction of sp³-hybridized carbons (Fsp3) is 0.222. The maximum atomic E-state index is 12.9. The number of ether oxygens (including phenoxy) is 2. The van der Waals surface area contributed by atoms with E-state index in [0.29, 0.717) is 34.9 Å². The van der Waals surface area contributed by atoms with E-state index in [9.17, 15) is 9.59 Å². The molecule has 0 spiro atoms. The first kappa shape index (κ1) is 15.9. The Balaban J connectivity index is 2.19. The maximum absolute atomic E-state index is 12.9. The Kier molecular flexibility index (Phi) is 4.12. The lowest BCUT2D eigenvalue weighted by Gasteiger charge is -2.16. The number of carbonyl (C=O) groups is 2. The Morgan fingerprint density at radius 3 is 2.62 bits per heavy atom. The van der Waals surface area contributed by atoms with Crippen LogP contribution in [0.15, 0.2) is 42.5 Å². The molecule has 3 rings (SSSR count). The first-order valence-electron chi connectivity index (χ1n) is 7.61. The zero-order valence-corrected chi connectivity index (χ0v) is 13.5. The van der Waals surface area contributed by atoms with Crippen LogP contribution in [-0.2, 0) is 4.79 Å². The molecule has 124 valence electrons. The van der Waals surface area contributed by atoms with Crippen LogP contribution in [0.3, 0.4) is 0 Å². The second kappa shape index (κ2) is 6.23. The van der Waals surface area contributed by atoms with Gasteiger partial charge < -0.3 is 15.2 Å². The Labute approximate surface area is 139 Å². The van der Waals surface area contributed by atoms with E-state index in [1.165, 1.54) is 0 Å². The lowest BCUT2D eigenvalue weighted by molar-refractivity contribution is -0.117. The maximum Gasteiger partial charge on any atom is 0.326 e. The topological polar surface area (TPSA) is 81.9 Å². The van der Waals surface area contributed by atoms with Gasteiger partial charge in [-0.05, 0) is 36.8 Å². The summed E-state index contributed by atoms with van der Waals surface area (Å²) in [7, 11) is 1.55. The molecule has 3 amide bonds. The lowest BCUT2D eigenvalue weighted by atomic mass is 9.91. The Hall–Kier alpha value is -3.02. The highest BCUT2D eigenvalue weighted by Gasteiger charge is 2.42. The van der Waals surface area contributed by atoms with Crippen LogP contribution >= 0.6 is 0 Å². The predicted molar refractivity (Wildman–Crippen MR) is 89.5 cm³/mol. The molecular formula is C18H18N2O4. The average molecular weight is 326 g/mol. The summed E-state index contributed by atoms with van der Waals surface area (Å²) in [6, 6.07) is 11.6. The van der Waals surface area contributed by atoms with Gasteiger partial charge in [-0.2, -0.15) is 0 Å². The molecule has 1 aliphatic rings. The van der Waals surface area contributed by atoms with Gasteiger partial charge in [-0.3, -0.25) is 4.79 Å². The van der Waals surface area contributed by atoms with Gasteiger partial charge >= 0.3 is 6.03 Å². The number of nitrogens with zero attached hydrogens (tertiary/aromatic N) is 1. The molecule has 0 saturated carbocycles. The summed E-state index contributed by atoms with van der Waals surface area (Å²) in [4.78, 5) is 25.7. The number of hydrogen-bond donors (Lipinski definition) is 1. The van der Waals surface area contributed by atoms with E-state index >= 15 is 0 Å². The fourth-order valence-corrected chi connectivity index (χ4v) is 3.01. The molecule has 6 heteroatoms. The summed E-state index contributed by atoms with van der Waals surface area (Å²) in [6.45, 7) is 2.35. The SMILES string of the molecule is CCOc1ccccc1C1C(=O)N(C(N)=O)c2ccc(OC)cc21. The predicted octanol–water partition coefficient (Wildman–Crippen LogP) is 2.65. The minimum Gasteiger partial charge on any atom is -0.497 e. The van der Waals surface area contributed by atoms with E-state index in [4.69, 9.17) is 15.2 Å². The summed E-state index contributed by atoms with van der Waals surface area (Å²) in [6.07, 6.45) is 0. The summed E-state index contributed by atoms with van der Waals surface area (Å²) < 4.78 is 10.9. The number of nitrogens with two attached hydrogens (primary N) is 1. The number of imide groups is 1.